The van der Waals surface area contributed by atoms with Crippen molar-refractivity contribution in [1.29, 1.82) is 0 Å². The summed E-state index contributed by atoms with van der Waals surface area (Å²) in [6.45, 7) is 11.3. The van der Waals surface area contributed by atoms with Crippen molar-refractivity contribution < 1.29 is 23.9 Å². The number of nitrogens with one attached hydrogen (secondary N) is 2. The van der Waals surface area contributed by atoms with Gasteiger partial charge in [-0.3, -0.25) is 14.4 Å². The van der Waals surface area contributed by atoms with Crippen molar-refractivity contribution in [2.45, 2.75) is 84.7 Å². The van der Waals surface area contributed by atoms with E-state index in [2.05, 4.69) is 10.6 Å². The van der Waals surface area contributed by atoms with Gasteiger partial charge in [0.15, 0.2) is 0 Å². The Balaban J connectivity index is 2.00. The average molecular weight is 537 g/mol. The van der Waals surface area contributed by atoms with E-state index < -0.39 is 42.0 Å². The molecule has 9 heteroatoms. The first-order valence-electron chi connectivity index (χ1n) is 13.3. The van der Waals surface area contributed by atoms with Crippen LogP contribution in [0.2, 0.25) is 0 Å². The fourth-order valence-corrected chi connectivity index (χ4v) is 4.46. The third-order valence-electron chi connectivity index (χ3n) is 6.76. The molecular formula is C30H40N4O5. The molecule has 210 valence electrons. The highest BCUT2D eigenvalue weighted by Crippen LogP contribution is 2.41. The number of nitrogens with zero attached hydrogens (tertiary/aromatic N) is 1. The van der Waals surface area contributed by atoms with Crippen LogP contribution in [0.1, 0.15) is 68.8 Å². The number of carbonyl (C=O) groups is 4. The highest BCUT2D eigenvalue weighted by atomic mass is 16.6. The zero-order valence-corrected chi connectivity index (χ0v) is 23.6. The monoisotopic (exact) mass is 536 g/mol. The van der Waals surface area contributed by atoms with Gasteiger partial charge in [0.1, 0.15) is 17.7 Å². The van der Waals surface area contributed by atoms with E-state index in [1.807, 2.05) is 69.3 Å². The minimum Gasteiger partial charge on any atom is -0.444 e. The topological polar surface area (TPSA) is 131 Å². The van der Waals surface area contributed by atoms with Gasteiger partial charge in [0.25, 0.3) is 0 Å². The molecule has 0 aliphatic heterocycles. The van der Waals surface area contributed by atoms with Crippen molar-refractivity contribution in [3.8, 4) is 0 Å². The van der Waals surface area contributed by atoms with Gasteiger partial charge >= 0.3 is 6.09 Å². The summed E-state index contributed by atoms with van der Waals surface area (Å²) < 4.78 is 5.33. The van der Waals surface area contributed by atoms with E-state index in [0.717, 1.165) is 16.7 Å². The van der Waals surface area contributed by atoms with E-state index in [-0.39, 0.29) is 24.4 Å². The molecule has 2 aromatic rings. The molecule has 1 aliphatic carbocycles. The van der Waals surface area contributed by atoms with Crippen molar-refractivity contribution in [3.63, 3.8) is 0 Å². The molecule has 4 unspecified atom stereocenters. The van der Waals surface area contributed by atoms with Gasteiger partial charge in [-0.2, -0.15) is 0 Å². The van der Waals surface area contributed by atoms with Crippen LogP contribution in [0, 0.1) is 19.8 Å². The molecule has 39 heavy (non-hydrogen) atoms. The van der Waals surface area contributed by atoms with Crippen LogP contribution in [0.25, 0.3) is 0 Å². The van der Waals surface area contributed by atoms with Crippen molar-refractivity contribution in [2.75, 3.05) is 0 Å². The summed E-state index contributed by atoms with van der Waals surface area (Å²) in [7, 11) is 0. The lowest BCUT2D eigenvalue weighted by atomic mass is 9.97. The van der Waals surface area contributed by atoms with Crippen LogP contribution in [0.15, 0.2) is 48.5 Å². The first kappa shape index (κ1) is 29.7. The van der Waals surface area contributed by atoms with Gasteiger partial charge in [0.2, 0.25) is 17.7 Å². The Kier molecular flexibility index (Phi) is 9.37. The number of benzene rings is 2. The number of amides is 4. The second-order valence-corrected chi connectivity index (χ2v) is 11.3. The Morgan fingerprint density at radius 3 is 2.23 bits per heavy atom. The van der Waals surface area contributed by atoms with Crippen molar-refractivity contribution >= 4 is 23.8 Å². The minimum atomic E-state index is -1.29. The number of hydrogen-bond acceptors (Lipinski definition) is 5. The molecule has 1 fully saturated rings. The van der Waals surface area contributed by atoms with E-state index >= 15 is 0 Å². The molecule has 3 rings (SSSR count). The number of alkyl carbamates (subject to hydrolysis) is 1. The molecule has 0 aromatic heterocycles. The highest BCUT2D eigenvalue weighted by Gasteiger charge is 2.48. The lowest BCUT2D eigenvalue weighted by Crippen LogP contribution is -2.55. The predicted molar refractivity (Wildman–Crippen MR) is 148 cm³/mol. The van der Waals surface area contributed by atoms with Crippen LogP contribution in [0.3, 0.4) is 0 Å². The predicted octanol–water partition coefficient (Wildman–Crippen LogP) is 3.67. The third kappa shape index (κ3) is 8.30. The third-order valence-corrected chi connectivity index (χ3v) is 6.76. The van der Waals surface area contributed by atoms with Gasteiger partial charge in [-0.15, -0.1) is 0 Å². The summed E-state index contributed by atoms with van der Waals surface area (Å²) in [6, 6.07) is 12.6. The summed E-state index contributed by atoms with van der Waals surface area (Å²) in [5.74, 6) is -1.54. The van der Waals surface area contributed by atoms with Gasteiger partial charge < -0.3 is 26.0 Å². The lowest BCUT2D eigenvalue weighted by molar-refractivity contribution is -0.144. The Morgan fingerprint density at radius 2 is 1.69 bits per heavy atom. The summed E-state index contributed by atoms with van der Waals surface area (Å²) in [5, 5.41) is 5.50. The Labute approximate surface area is 230 Å². The molecule has 0 saturated heterocycles. The van der Waals surface area contributed by atoms with Crippen LogP contribution >= 0.6 is 0 Å². The zero-order chi connectivity index (χ0) is 28.9. The second-order valence-electron chi connectivity index (χ2n) is 11.3. The number of aryl methyl sites for hydroxylation is 2. The number of rotatable bonds is 10. The zero-order valence-electron chi connectivity index (χ0n) is 23.6. The fraction of sp³-hybridized carbons (Fsp3) is 0.467. The lowest BCUT2D eigenvalue weighted by Gasteiger charge is -2.35. The standard InChI is InChI=1S/C30H40N4O5/c1-18-12-13-22(14-19(18)2)26(27(36)32-17-21-10-8-7-9-11-21)34(24-15-20(24)3)28(37)23(16-25(31)35)33-29(38)39-30(4,5)6/h7-14,20,23-24,26H,15-17H2,1-6H3,(H2,31,35)(H,32,36)(H,33,38). The molecule has 0 heterocycles. The summed E-state index contributed by atoms with van der Waals surface area (Å²) in [6.07, 6.45) is -0.586. The molecule has 0 spiro atoms. The van der Waals surface area contributed by atoms with Gasteiger partial charge in [-0.25, -0.2) is 4.79 Å². The molecule has 0 radical (unpaired) electrons. The van der Waals surface area contributed by atoms with Gasteiger partial charge in [0.05, 0.1) is 6.42 Å². The van der Waals surface area contributed by atoms with Crippen LogP contribution in [0.4, 0.5) is 4.79 Å². The Morgan fingerprint density at radius 1 is 1.05 bits per heavy atom. The van der Waals surface area contributed by atoms with E-state index in [1.54, 1.807) is 20.8 Å². The number of primary amides is 1. The van der Waals surface area contributed by atoms with E-state index in [0.29, 0.717) is 12.0 Å². The van der Waals surface area contributed by atoms with Crippen LogP contribution in [0.5, 0.6) is 0 Å². The van der Waals surface area contributed by atoms with Gasteiger partial charge in [-0.05, 0) is 69.2 Å². The van der Waals surface area contributed by atoms with E-state index in [9.17, 15) is 19.2 Å². The second kappa shape index (κ2) is 12.3. The first-order chi connectivity index (χ1) is 18.3. The number of nitrogens with two attached hydrogens (primary N) is 1. The first-order valence-corrected chi connectivity index (χ1v) is 13.3. The van der Waals surface area contributed by atoms with Crippen molar-refractivity contribution in [2.24, 2.45) is 11.7 Å². The van der Waals surface area contributed by atoms with Crippen molar-refractivity contribution in [1.82, 2.24) is 15.5 Å². The molecule has 1 aliphatic rings. The molecule has 4 amide bonds. The van der Waals surface area contributed by atoms with Crippen LogP contribution < -0.4 is 16.4 Å². The quantitative estimate of drug-likeness (QED) is 0.427. The number of ether oxygens (including phenoxy) is 1. The van der Waals surface area contributed by atoms with Crippen LogP contribution in [-0.2, 0) is 25.7 Å². The Bertz CT molecular complexity index is 1210. The SMILES string of the molecule is Cc1ccc(C(C(=O)NCc2ccccc2)N(C(=O)C(CC(N)=O)NC(=O)OC(C)(C)C)C2CC2C)cc1C. The maximum Gasteiger partial charge on any atom is 0.408 e. The smallest absolute Gasteiger partial charge is 0.408 e. The maximum absolute atomic E-state index is 14.1. The molecule has 9 nitrogen and oxygen atoms in total. The number of carbonyl (C=O) groups excluding carboxylic acids is 4. The summed E-state index contributed by atoms with van der Waals surface area (Å²) in [4.78, 5) is 54.0. The molecule has 0 bridgehead atoms. The maximum atomic E-state index is 14.1. The molecule has 4 atom stereocenters. The normalized spacial score (nSPS) is 17.9. The summed E-state index contributed by atoms with van der Waals surface area (Å²) >= 11 is 0. The van der Waals surface area contributed by atoms with Gasteiger partial charge in [0, 0.05) is 12.6 Å². The highest BCUT2D eigenvalue weighted by molar-refractivity contribution is 5.95. The molecule has 4 N–H and O–H groups in total. The Hall–Kier alpha value is -3.88. The molecular weight excluding hydrogens is 496 g/mol. The molecule has 1 saturated carbocycles. The van der Waals surface area contributed by atoms with E-state index in [1.165, 1.54) is 4.90 Å². The summed E-state index contributed by atoms with van der Waals surface area (Å²) in [5.41, 5.74) is 8.25. The average Bonchev–Trinajstić information content (AvgIpc) is 3.56. The van der Waals surface area contributed by atoms with Gasteiger partial charge in [-0.1, -0.05) is 55.5 Å². The number of hydrogen-bond donors (Lipinski definition) is 3. The molecule has 2 aromatic carbocycles. The van der Waals surface area contributed by atoms with Crippen LogP contribution in [-0.4, -0.2) is 46.4 Å². The fourth-order valence-electron chi connectivity index (χ4n) is 4.46. The largest absolute Gasteiger partial charge is 0.444 e. The van der Waals surface area contributed by atoms with Crippen molar-refractivity contribution in [3.05, 3.63) is 70.8 Å². The van der Waals surface area contributed by atoms with E-state index in [4.69, 9.17) is 10.5 Å². The minimum absolute atomic E-state index is 0.140.